The van der Waals surface area contributed by atoms with Crippen LogP contribution in [0.2, 0.25) is 0 Å². The Morgan fingerprint density at radius 3 is 2.81 bits per heavy atom. The normalized spacial score (nSPS) is 22.9. The number of nitrogens with two attached hydrogens (primary N) is 1. The molecule has 1 saturated heterocycles. The third kappa shape index (κ3) is 4.32. The molecule has 2 aliphatic heterocycles. The monoisotopic (exact) mass is 496 g/mol. The summed E-state index contributed by atoms with van der Waals surface area (Å²) in [5, 5.41) is 29.0. The van der Waals surface area contributed by atoms with Gasteiger partial charge in [-0.1, -0.05) is 6.07 Å². The second-order valence-electron chi connectivity index (χ2n) is 8.50. The second kappa shape index (κ2) is 9.49. The number of aliphatic hydroxyl groups is 2. The average Bonchev–Trinajstić information content (AvgIpc) is 3.54. The third-order valence-electron chi connectivity index (χ3n) is 6.20. The van der Waals surface area contributed by atoms with Crippen molar-refractivity contribution >= 4 is 40.4 Å². The Labute approximate surface area is 203 Å². The van der Waals surface area contributed by atoms with Crippen molar-refractivity contribution in [1.29, 1.82) is 0 Å². The van der Waals surface area contributed by atoms with E-state index in [4.69, 9.17) is 10.5 Å². The number of benzene rings is 1. The molecule has 2 aromatic heterocycles. The zero-order valence-electron chi connectivity index (χ0n) is 18.9. The standard InChI is InChI=1S/C22H24N8O6/c23-19-16-20(27-8-26-19)30(9-28-16)22-18(34)17(33)13(36-22)7-24-14(31)4-5-15(32)29-12-3-1-2-10-11(12)6-25-21(10)35/h1-3,8-9,13,17-18,22,33-34H,4-7H2,(H,24,31)(H,25,35)(H,29,32)(H2,23,26,27)/t13-,17-,18-,22-/m1/s1. The zero-order valence-corrected chi connectivity index (χ0v) is 18.9. The number of aliphatic hydroxyl groups excluding tert-OH is 2. The molecular weight excluding hydrogens is 472 g/mol. The molecule has 188 valence electrons. The first-order chi connectivity index (χ1) is 17.3. The molecule has 0 saturated carbocycles. The van der Waals surface area contributed by atoms with Gasteiger partial charge in [-0.2, -0.15) is 0 Å². The zero-order chi connectivity index (χ0) is 25.4. The SMILES string of the molecule is Nc1ncnc2c1ncn2[C@@H]1O[C@H](CNC(=O)CCC(=O)Nc2cccc3c2CNC3=O)[C@@H](O)[C@H]1O. The van der Waals surface area contributed by atoms with Crippen LogP contribution in [0.5, 0.6) is 0 Å². The minimum atomic E-state index is -1.31. The van der Waals surface area contributed by atoms with E-state index in [-0.39, 0.29) is 37.0 Å². The van der Waals surface area contributed by atoms with Gasteiger partial charge in [0.25, 0.3) is 5.91 Å². The number of hydrogen-bond donors (Lipinski definition) is 6. The number of carbonyl (C=O) groups excluding carboxylic acids is 3. The first kappa shape index (κ1) is 23.6. The molecule has 5 rings (SSSR count). The number of imidazole rings is 1. The van der Waals surface area contributed by atoms with Gasteiger partial charge in [-0.25, -0.2) is 15.0 Å². The maximum atomic E-state index is 12.3. The summed E-state index contributed by atoms with van der Waals surface area (Å²) >= 11 is 0. The highest BCUT2D eigenvalue weighted by molar-refractivity contribution is 6.02. The van der Waals surface area contributed by atoms with Gasteiger partial charge in [0.2, 0.25) is 11.8 Å². The molecule has 14 nitrogen and oxygen atoms in total. The topological polar surface area (TPSA) is 207 Å². The molecule has 4 atom stereocenters. The largest absolute Gasteiger partial charge is 0.387 e. The molecule has 1 aromatic carbocycles. The van der Waals surface area contributed by atoms with Gasteiger partial charge >= 0.3 is 0 Å². The fraction of sp³-hybridized carbons (Fsp3) is 0.364. The van der Waals surface area contributed by atoms with Crippen molar-refractivity contribution in [3.05, 3.63) is 42.0 Å². The smallest absolute Gasteiger partial charge is 0.251 e. The van der Waals surface area contributed by atoms with E-state index in [2.05, 4.69) is 30.9 Å². The van der Waals surface area contributed by atoms with Crippen molar-refractivity contribution in [2.75, 3.05) is 17.6 Å². The van der Waals surface area contributed by atoms with E-state index in [1.807, 2.05) is 0 Å². The van der Waals surface area contributed by atoms with Crippen LogP contribution < -0.4 is 21.7 Å². The third-order valence-corrected chi connectivity index (χ3v) is 6.20. The number of carbonyl (C=O) groups is 3. The summed E-state index contributed by atoms with van der Waals surface area (Å²) in [6.07, 6.45) is -2.05. The number of rotatable bonds is 7. The Bertz CT molecular complexity index is 1340. The highest BCUT2D eigenvalue weighted by Gasteiger charge is 2.44. The van der Waals surface area contributed by atoms with Crippen LogP contribution in [-0.4, -0.2) is 72.3 Å². The number of amides is 3. The van der Waals surface area contributed by atoms with Crippen molar-refractivity contribution in [2.24, 2.45) is 0 Å². The number of nitrogens with zero attached hydrogens (tertiary/aromatic N) is 4. The van der Waals surface area contributed by atoms with Crippen LogP contribution >= 0.6 is 0 Å². The van der Waals surface area contributed by atoms with Crippen molar-refractivity contribution in [3.63, 3.8) is 0 Å². The molecule has 14 heteroatoms. The Kier molecular flexibility index (Phi) is 6.22. The first-order valence-electron chi connectivity index (χ1n) is 11.2. The minimum absolute atomic E-state index is 0.0844. The average molecular weight is 496 g/mol. The summed E-state index contributed by atoms with van der Waals surface area (Å²) in [7, 11) is 0. The summed E-state index contributed by atoms with van der Waals surface area (Å²) in [5.41, 5.74) is 8.20. The molecule has 7 N–H and O–H groups in total. The molecule has 3 aromatic rings. The number of hydrogen-bond acceptors (Lipinski definition) is 10. The summed E-state index contributed by atoms with van der Waals surface area (Å²) in [6, 6.07) is 5.05. The highest BCUT2D eigenvalue weighted by atomic mass is 16.6. The van der Waals surface area contributed by atoms with E-state index in [1.165, 1.54) is 17.2 Å². The number of aromatic nitrogens is 4. The molecule has 4 heterocycles. The Balaban J connectivity index is 1.13. The van der Waals surface area contributed by atoms with Gasteiger partial charge in [0, 0.05) is 42.7 Å². The van der Waals surface area contributed by atoms with Gasteiger partial charge in [0.1, 0.15) is 30.2 Å². The fourth-order valence-corrected chi connectivity index (χ4v) is 4.30. The van der Waals surface area contributed by atoms with Crippen LogP contribution in [0, 0.1) is 0 Å². The fourth-order valence-electron chi connectivity index (χ4n) is 4.30. The van der Waals surface area contributed by atoms with Crippen LogP contribution in [0.1, 0.15) is 35.0 Å². The van der Waals surface area contributed by atoms with E-state index < -0.39 is 30.4 Å². The van der Waals surface area contributed by atoms with E-state index in [9.17, 15) is 24.6 Å². The van der Waals surface area contributed by atoms with Crippen LogP contribution in [0.15, 0.2) is 30.9 Å². The molecule has 0 unspecified atom stereocenters. The summed E-state index contributed by atoms with van der Waals surface area (Å²) < 4.78 is 7.22. The Hall–Kier alpha value is -4.14. The quantitative estimate of drug-likeness (QED) is 0.230. The van der Waals surface area contributed by atoms with E-state index in [1.54, 1.807) is 18.2 Å². The predicted molar refractivity (Wildman–Crippen MR) is 124 cm³/mol. The summed E-state index contributed by atoms with van der Waals surface area (Å²) in [4.78, 5) is 48.5. The predicted octanol–water partition coefficient (Wildman–Crippen LogP) is -1.19. The lowest BCUT2D eigenvalue weighted by molar-refractivity contribution is -0.125. The molecule has 1 fully saturated rings. The van der Waals surface area contributed by atoms with Crippen LogP contribution in [0.3, 0.4) is 0 Å². The molecule has 0 radical (unpaired) electrons. The molecular formula is C22H24N8O6. The molecule has 0 aliphatic carbocycles. The van der Waals surface area contributed by atoms with E-state index >= 15 is 0 Å². The van der Waals surface area contributed by atoms with Crippen LogP contribution in [0.4, 0.5) is 11.5 Å². The minimum Gasteiger partial charge on any atom is -0.387 e. The number of ether oxygens (including phenoxy) is 1. The van der Waals surface area contributed by atoms with Crippen LogP contribution in [0.25, 0.3) is 11.2 Å². The van der Waals surface area contributed by atoms with Crippen molar-refractivity contribution in [1.82, 2.24) is 30.2 Å². The molecule has 2 aliphatic rings. The van der Waals surface area contributed by atoms with Crippen molar-refractivity contribution in [3.8, 4) is 0 Å². The van der Waals surface area contributed by atoms with Gasteiger partial charge in [0.05, 0.1) is 6.33 Å². The van der Waals surface area contributed by atoms with Gasteiger partial charge in [-0.05, 0) is 12.1 Å². The molecule has 0 bridgehead atoms. The molecule has 36 heavy (non-hydrogen) atoms. The van der Waals surface area contributed by atoms with Gasteiger partial charge in [-0.3, -0.25) is 19.0 Å². The maximum Gasteiger partial charge on any atom is 0.251 e. The van der Waals surface area contributed by atoms with Crippen molar-refractivity contribution in [2.45, 2.75) is 43.9 Å². The van der Waals surface area contributed by atoms with Crippen LogP contribution in [-0.2, 0) is 20.9 Å². The molecule has 3 amide bonds. The second-order valence-corrected chi connectivity index (χ2v) is 8.50. The van der Waals surface area contributed by atoms with E-state index in [0.29, 0.717) is 34.5 Å². The van der Waals surface area contributed by atoms with Gasteiger partial charge in [-0.15, -0.1) is 0 Å². The maximum absolute atomic E-state index is 12.3. The number of nitrogen functional groups attached to an aromatic ring is 1. The highest BCUT2D eigenvalue weighted by Crippen LogP contribution is 2.31. The molecule has 0 spiro atoms. The number of fused-ring (bicyclic) bond motifs is 2. The summed E-state index contributed by atoms with van der Waals surface area (Å²) in [5.74, 6) is -0.828. The summed E-state index contributed by atoms with van der Waals surface area (Å²) in [6.45, 7) is 0.246. The Morgan fingerprint density at radius 1 is 1.17 bits per heavy atom. The number of nitrogens with one attached hydrogen (secondary N) is 3. The van der Waals surface area contributed by atoms with Crippen molar-refractivity contribution < 1.29 is 29.3 Å². The van der Waals surface area contributed by atoms with Gasteiger partial charge in [0.15, 0.2) is 17.7 Å². The first-order valence-corrected chi connectivity index (χ1v) is 11.2. The lowest BCUT2D eigenvalue weighted by Gasteiger charge is -2.16. The van der Waals surface area contributed by atoms with Gasteiger partial charge < -0.3 is 36.6 Å². The lowest BCUT2D eigenvalue weighted by Crippen LogP contribution is -2.40. The lowest BCUT2D eigenvalue weighted by atomic mass is 10.1. The van der Waals surface area contributed by atoms with E-state index in [0.717, 1.165) is 0 Å². The Morgan fingerprint density at radius 2 is 1.97 bits per heavy atom. The number of anilines is 2.